The lowest BCUT2D eigenvalue weighted by Crippen LogP contribution is -2.32. The number of benzene rings is 1. The molecule has 0 bridgehead atoms. The lowest BCUT2D eigenvalue weighted by atomic mass is 10.0. The maximum absolute atomic E-state index is 13.5. The van der Waals surface area contributed by atoms with E-state index in [9.17, 15) is 12.8 Å². The van der Waals surface area contributed by atoms with E-state index in [2.05, 4.69) is 4.72 Å². The van der Waals surface area contributed by atoms with Crippen molar-refractivity contribution in [1.82, 2.24) is 4.72 Å². The summed E-state index contributed by atoms with van der Waals surface area (Å²) in [6.45, 7) is 4.05. The highest BCUT2D eigenvalue weighted by molar-refractivity contribution is 7.89. The molecule has 118 valence electrons. The Balaban J connectivity index is 1.94. The van der Waals surface area contributed by atoms with Crippen molar-refractivity contribution in [3.63, 3.8) is 0 Å². The van der Waals surface area contributed by atoms with Crippen molar-refractivity contribution in [2.45, 2.75) is 31.2 Å². The van der Waals surface area contributed by atoms with Crippen LogP contribution in [0.5, 0.6) is 5.75 Å². The van der Waals surface area contributed by atoms with Crippen molar-refractivity contribution in [2.24, 2.45) is 0 Å². The number of nitrogens with one attached hydrogen (secondary N) is 1. The highest BCUT2D eigenvalue weighted by Crippen LogP contribution is 2.34. The molecule has 0 spiro atoms. The number of halogens is 1. The zero-order valence-corrected chi connectivity index (χ0v) is 13.9. The number of hydrogen-bond donors (Lipinski definition) is 1. The van der Waals surface area contributed by atoms with Crippen molar-refractivity contribution >= 4 is 21.4 Å². The first-order valence-electron chi connectivity index (χ1n) is 6.88. The minimum absolute atomic E-state index is 0.291. The van der Waals surface area contributed by atoms with Gasteiger partial charge in [0.15, 0.2) is 0 Å². The van der Waals surface area contributed by atoms with Crippen molar-refractivity contribution in [3.8, 4) is 5.75 Å². The van der Waals surface area contributed by atoms with Gasteiger partial charge < -0.3 is 4.74 Å². The Kier molecular flexibility index (Phi) is 3.96. The van der Waals surface area contributed by atoms with Crippen LogP contribution in [0.2, 0.25) is 0 Å². The van der Waals surface area contributed by atoms with Gasteiger partial charge in [0.05, 0.1) is 17.5 Å². The van der Waals surface area contributed by atoms with Gasteiger partial charge in [0, 0.05) is 21.7 Å². The lowest BCUT2D eigenvalue weighted by Gasteiger charge is -2.26. The second-order valence-electron chi connectivity index (χ2n) is 5.27. The van der Waals surface area contributed by atoms with Gasteiger partial charge in [0.1, 0.15) is 11.6 Å². The highest BCUT2D eigenvalue weighted by Gasteiger charge is 2.28. The van der Waals surface area contributed by atoms with Crippen molar-refractivity contribution in [2.75, 3.05) is 6.61 Å². The van der Waals surface area contributed by atoms with Crippen LogP contribution in [0.25, 0.3) is 0 Å². The molecule has 0 fully saturated rings. The average Bonchev–Trinajstić information content (AvgIpc) is 2.79. The molecule has 0 saturated carbocycles. The predicted molar refractivity (Wildman–Crippen MR) is 83.4 cm³/mol. The minimum atomic E-state index is -3.64. The molecule has 0 aliphatic carbocycles. The first-order valence-corrected chi connectivity index (χ1v) is 9.18. The van der Waals surface area contributed by atoms with Crippen LogP contribution in [-0.2, 0) is 10.0 Å². The molecule has 1 aromatic heterocycles. The number of hydrogen-bond acceptors (Lipinski definition) is 4. The van der Waals surface area contributed by atoms with E-state index in [1.165, 1.54) is 29.5 Å². The van der Waals surface area contributed by atoms with E-state index in [0.717, 1.165) is 9.75 Å². The topological polar surface area (TPSA) is 55.4 Å². The molecule has 1 atom stereocenters. The van der Waals surface area contributed by atoms with Gasteiger partial charge in [-0.15, -0.1) is 11.3 Å². The Morgan fingerprint density at radius 3 is 2.77 bits per heavy atom. The molecule has 22 heavy (non-hydrogen) atoms. The van der Waals surface area contributed by atoms with Crippen LogP contribution in [0.1, 0.15) is 27.8 Å². The molecular weight excluding hydrogens is 325 g/mol. The third kappa shape index (κ3) is 2.88. The second-order valence-corrected chi connectivity index (χ2v) is 8.41. The standard InChI is InChI=1S/C15H16FNO3S2/c1-9-7-15(10(2)21-9)22(18,19)17-13-5-6-20-14-4-3-11(16)8-12(13)14/h3-4,7-8,13,17H,5-6H2,1-2H3. The van der Waals surface area contributed by atoms with E-state index in [4.69, 9.17) is 4.74 Å². The molecule has 3 rings (SSSR count). The van der Waals surface area contributed by atoms with Crippen LogP contribution in [-0.4, -0.2) is 15.0 Å². The van der Waals surface area contributed by atoms with Crippen LogP contribution < -0.4 is 9.46 Å². The predicted octanol–water partition coefficient (Wildman–Crippen LogP) is 3.31. The number of thiophene rings is 1. The van der Waals surface area contributed by atoms with Gasteiger partial charge in [-0.1, -0.05) is 0 Å². The summed E-state index contributed by atoms with van der Waals surface area (Å²) in [5.41, 5.74) is 0.541. The summed E-state index contributed by atoms with van der Waals surface area (Å²) in [4.78, 5) is 1.98. The summed E-state index contributed by atoms with van der Waals surface area (Å²) in [5, 5.41) is 0. The highest BCUT2D eigenvalue weighted by atomic mass is 32.2. The smallest absolute Gasteiger partial charge is 0.242 e. The molecule has 4 nitrogen and oxygen atoms in total. The molecule has 0 radical (unpaired) electrons. The third-order valence-electron chi connectivity index (χ3n) is 3.59. The zero-order valence-electron chi connectivity index (χ0n) is 12.2. The van der Waals surface area contributed by atoms with Crippen molar-refractivity contribution in [1.29, 1.82) is 0 Å². The number of sulfonamides is 1. The Bertz CT molecular complexity index is 814. The summed E-state index contributed by atoms with van der Waals surface area (Å²) in [7, 11) is -3.64. The molecular formula is C15H16FNO3S2. The molecule has 0 amide bonds. The van der Waals surface area contributed by atoms with Gasteiger partial charge in [-0.05, 0) is 38.1 Å². The van der Waals surface area contributed by atoms with Gasteiger partial charge in [-0.25, -0.2) is 17.5 Å². The molecule has 1 aliphatic rings. The maximum Gasteiger partial charge on any atom is 0.242 e. The largest absolute Gasteiger partial charge is 0.493 e. The van der Waals surface area contributed by atoms with E-state index < -0.39 is 21.9 Å². The molecule has 1 aliphatic heterocycles. The number of rotatable bonds is 3. The first-order chi connectivity index (χ1) is 10.4. The average molecular weight is 341 g/mol. The molecule has 1 N–H and O–H groups in total. The van der Waals surface area contributed by atoms with E-state index in [0.29, 0.717) is 29.2 Å². The van der Waals surface area contributed by atoms with Gasteiger partial charge in [-0.2, -0.15) is 0 Å². The summed E-state index contributed by atoms with van der Waals surface area (Å²) in [5.74, 6) is 0.120. The summed E-state index contributed by atoms with van der Waals surface area (Å²) in [6.07, 6.45) is 0.470. The van der Waals surface area contributed by atoms with E-state index >= 15 is 0 Å². The quantitative estimate of drug-likeness (QED) is 0.932. The molecule has 7 heteroatoms. The number of aryl methyl sites for hydroxylation is 2. The van der Waals surface area contributed by atoms with Crippen molar-refractivity contribution in [3.05, 3.63) is 45.4 Å². The van der Waals surface area contributed by atoms with Gasteiger partial charge in [-0.3, -0.25) is 0 Å². The van der Waals surface area contributed by atoms with E-state index in [-0.39, 0.29) is 0 Å². The van der Waals surface area contributed by atoms with Gasteiger partial charge in [0.25, 0.3) is 0 Å². The Labute approximate surface area is 133 Å². The molecule has 2 heterocycles. The first kappa shape index (κ1) is 15.5. The van der Waals surface area contributed by atoms with Crippen molar-refractivity contribution < 1.29 is 17.5 Å². The molecule has 1 aromatic carbocycles. The Morgan fingerprint density at radius 1 is 1.32 bits per heavy atom. The minimum Gasteiger partial charge on any atom is -0.493 e. The summed E-state index contributed by atoms with van der Waals surface area (Å²) < 4.78 is 46.8. The fourth-order valence-electron chi connectivity index (χ4n) is 2.61. The monoisotopic (exact) mass is 341 g/mol. The summed E-state index contributed by atoms with van der Waals surface area (Å²) >= 11 is 1.44. The Morgan fingerprint density at radius 2 is 2.09 bits per heavy atom. The SMILES string of the molecule is Cc1cc(S(=O)(=O)NC2CCOc3ccc(F)cc32)c(C)s1. The molecule has 1 unspecified atom stereocenters. The van der Waals surface area contributed by atoms with Crippen LogP contribution >= 0.6 is 11.3 Å². The van der Waals surface area contributed by atoms with Crippen LogP contribution in [0.3, 0.4) is 0 Å². The number of ether oxygens (including phenoxy) is 1. The molecule has 2 aromatic rings. The fourth-order valence-corrected chi connectivity index (χ4v) is 5.42. The third-order valence-corrected chi connectivity index (χ3v) is 6.29. The summed E-state index contributed by atoms with van der Waals surface area (Å²) in [6, 6.07) is 5.35. The van der Waals surface area contributed by atoms with E-state index in [1.54, 1.807) is 13.0 Å². The van der Waals surface area contributed by atoms with E-state index in [1.807, 2.05) is 6.92 Å². The lowest BCUT2D eigenvalue weighted by molar-refractivity contribution is 0.262. The Hall–Kier alpha value is -1.44. The zero-order chi connectivity index (χ0) is 15.9. The van der Waals surface area contributed by atoms with Crippen LogP contribution in [0.15, 0.2) is 29.2 Å². The normalized spacial score (nSPS) is 17.9. The second kappa shape index (κ2) is 5.64. The van der Waals surface area contributed by atoms with Gasteiger partial charge >= 0.3 is 0 Å². The maximum atomic E-state index is 13.5. The van der Waals surface area contributed by atoms with Crippen LogP contribution in [0, 0.1) is 19.7 Å². The van der Waals surface area contributed by atoms with Gasteiger partial charge in [0.2, 0.25) is 10.0 Å². The van der Waals surface area contributed by atoms with Crippen LogP contribution in [0.4, 0.5) is 4.39 Å². The fraction of sp³-hybridized carbons (Fsp3) is 0.333. The molecule has 0 saturated heterocycles. The number of fused-ring (bicyclic) bond motifs is 1.